The molecule has 0 aliphatic heterocycles. The summed E-state index contributed by atoms with van der Waals surface area (Å²) in [6.07, 6.45) is 1.64. The monoisotopic (exact) mass is 411 g/mol. The van der Waals surface area contributed by atoms with E-state index in [0.29, 0.717) is 17.8 Å². The molecule has 2 N–H and O–H groups in total. The van der Waals surface area contributed by atoms with Crippen LogP contribution in [0, 0.1) is 0 Å². The number of benzene rings is 2. The molecule has 31 heavy (non-hydrogen) atoms. The molecule has 2 heterocycles. The minimum Gasteiger partial charge on any atom is -0.364 e. The number of nitrogens with two attached hydrogens (primary N) is 1. The molecule has 1 amide bonds. The fourth-order valence-corrected chi connectivity index (χ4v) is 4.08. The number of carbonyl (C=O) groups excluding carboxylic acids is 2. The first-order valence-corrected chi connectivity index (χ1v) is 10.5. The van der Waals surface area contributed by atoms with Crippen LogP contribution in [0.2, 0.25) is 0 Å². The average Bonchev–Trinajstić information content (AvgIpc) is 3.08. The second-order valence-electron chi connectivity index (χ2n) is 7.71. The lowest BCUT2D eigenvalue weighted by atomic mass is 10.0. The Morgan fingerprint density at radius 3 is 2.23 bits per heavy atom. The fourth-order valence-electron chi connectivity index (χ4n) is 4.08. The highest BCUT2D eigenvalue weighted by Crippen LogP contribution is 2.29. The van der Waals surface area contributed by atoms with Crippen LogP contribution in [-0.4, -0.2) is 21.2 Å². The summed E-state index contributed by atoms with van der Waals surface area (Å²) in [6.45, 7) is 4.22. The maximum absolute atomic E-state index is 12.5. The molecule has 0 fully saturated rings. The topological polar surface area (TPSA) is 78.0 Å². The molecular formula is C26H25N3O2. The molecule has 0 saturated carbocycles. The van der Waals surface area contributed by atoms with E-state index >= 15 is 0 Å². The highest BCUT2D eigenvalue weighted by atomic mass is 16.1. The number of pyridine rings is 1. The minimum absolute atomic E-state index is 0.000232. The van der Waals surface area contributed by atoms with Crippen molar-refractivity contribution >= 4 is 22.7 Å². The van der Waals surface area contributed by atoms with Gasteiger partial charge in [-0.2, -0.15) is 0 Å². The molecule has 0 atom stereocenters. The molecule has 0 aliphatic carbocycles. The molecule has 0 radical (unpaired) electrons. The van der Waals surface area contributed by atoms with Crippen LogP contribution in [0.5, 0.6) is 0 Å². The summed E-state index contributed by atoms with van der Waals surface area (Å²) in [5.74, 6) is -0.580. The Morgan fingerprint density at radius 1 is 0.935 bits per heavy atom. The molecular weight excluding hydrogens is 386 g/mol. The van der Waals surface area contributed by atoms with Gasteiger partial charge in [0, 0.05) is 23.2 Å². The highest BCUT2D eigenvalue weighted by molar-refractivity contribution is 6.08. The van der Waals surface area contributed by atoms with Crippen LogP contribution in [0.3, 0.4) is 0 Å². The molecule has 0 saturated heterocycles. The first kappa shape index (κ1) is 20.5. The summed E-state index contributed by atoms with van der Waals surface area (Å²) < 4.78 is 2.06. The average molecular weight is 412 g/mol. The van der Waals surface area contributed by atoms with E-state index in [9.17, 15) is 9.59 Å². The van der Waals surface area contributed by atoms with Crippen molar-refractivity contribution in [3.8, 4) is 11.1 Å². The Bertz CT molecular complexity index is 1260. The largest absolute Gasteiger partial charge is 0.364 e. The zero-order valence-corrected chi connectivity index (χ0v) is 17.8. The highest BCUT2D eigenvalue weighted by Gasteiger charge is 2.22. The fraction of sp³-hybridized carbons (Fsp3) is 0.192. The number of carbonyl (C=O) groups is 2. The smallest absolute Gasteiger partial charge is 0.267 e. The maximum Gasteiger partial charge on any atom is 0.267 e. The van der Waals surface area contributed by atoms with Crippen molar-refractivity contribution in [2.75, 3.05) is 0 Å². The van der Waals surface area contributed by atoms with Crippen molar-refractivity contribution in [3.05, 3.63) is 89.2 Å². The third-order valence-electron chi connectivity index (χ3n) is 5.51. The maximum atomic E-state index is 12.5. The number of rotatable bonds is 7. The van der Waals surface area contributed by atoms with E-state index in [1.807, 2.05) is 18.2 Å². The van der Waals surface area contributed by atoms with Crippen molar-refractivity contribution in [1.29, 1.82) is 0 Å². The van der Waals surface area contributed by atoms with Crippen LogP contribution in [-0.2, 0) is 13.0 Å². The van der Waals surface area contributed by atoms with Gasteiger partial charge in [-0.25, -0.2) is 4.98 Å². The van der Waals surface area contributed by atoms with Crippen LogP contribution in [0.1, 0.15) is 52.4 Å². The summed E-state index contributed by atoms with van der Waals surface area (Å²) in [5.41, 5.74) is 11.3. The first-order chi connectivity index (χ1) is 15.0. The lowest BCUT2D eigenvalue weighted by molar-refractivity contribution is 0.0993. The van der Waals surface area contributed by atoms with E-state index in [0.717, 1.165) is 35.0 Å². The van der Waals surface area contributed by atoms with E-state index in [1.165, 1.54) is 5.56 Å². The van der Waals surface area contributed by atoms with E-state index in [-0.39, 0.29) is 11.5 Å². The molecule has 5 heteroatoms. The zero-order chi connectivity index (χ0) is 22.0. The number of Topliss-reactive ketones (excluding diaryl/α,β-unsaturated/α-hetero) is 1. The Kier molecular flexibility index (Phi) is 5.67. The first-order valence-electron chi connectivity index (χ1n) is 10.5. The number of fused-ring (bicyclic) bond motifs is 1. The van der Waals surface area contributed by atoms with Crippen LogP contribution < -0.4 is 5.73 Å². The van der Waals surface area contributed by atoms with Gasteiger partial charge in [0.05, 0.1) is 0 Å². The van der Waals surface area contributed by atoms with Crippen LogP contribution in [0.4, 0.5) is 0 Å². The lowest BCUT2D eigenvalue weighted by Gasteiger charge is -2.12. The van der Waals surface area contributed by atoms with Crippen molar-refractivity contribution in [2.24, 2.45) is 5.73 Å². The molecule has 4 rings (SSSR count). The summed E-state index contributed by atoms with van der Waals surface area (Å²) in [6, 6.07) is 22.0. The van der Waals surface area contributed by atoms with Crippen molar-refractivity contribution in [1.82, 2.24) is 9.55 Å². The van der Waals surface area contributed by atoms with Crippen molar-refractivity contribution in [3.63, 3.8) is 0 Å². The zero-order valence-electron chi connectivity index (χ0n) is 17.8. The van der Waals surface area contributed by atoms with Gasteiger partial charge in [0.2, 0.25) is 0 Å². The molecule has 156 valence electrons. The molecule has 2 aromatic carbocycles. The number of nitrogens with zero attached hydrogens (tertiary/aromatic N) is 2. The van der Waals surface area contributed by atoms with Crippen LogP contribution in [0.15, 0.2) is 66.7 Å². The Balaban J connectivity index is 1.81. The summed E-state index contributed by atoms with van der Waals surface area (Å²) in [4.78, 5) is 28.7. The molecule has 0 aliphatic rings. The van der Waals surface area contributed by atoms with Gasteiger partial charge in [-0.1, -0.05) is 67.9 Å². The minimum atomic E-state index is -0.580. The van der Waals surface area contributed by atoms with Crippen LogP contribution >= 0.6 is 0 Å². The Morgan fingerprint density at radius 2 is 1.61 bits per heavy atom. The van der Waals surface area contributed by atoms with Gasteiger partial charge < -0.3 is 10.3 Å². The van der Waals surface area contributed by atoms with E-state index in [1.54, 1.807) is 19.1 Å². The number of primary amides is 1. The quantitative estimate of drug-likeness (QED) is 0.435. The van der Waals surface area contributed by atoms with Crippen molar-refractivity contribution in [2.45, 2.75) is 33.2 Å². The standard InChI is InChI=1S/C26H25N3O2/c1-3-7-23-24(17(2)30)21-14-15-22(25(27)31)28-26(21)29(23)16-18-10-12-20(13-11-18)19-8-5-4-6-9-19/h4-6,8-15H,3,7,16H2,1-2H3,(H2,27,31). The predicted octanol–water partition coefficient (Wildman–Crippen LogP) is 5.01. The number of aromatic nitrogens is 2. The normalized spacial score (nSPS) is 11.0. The number of ketones is 1. The van der Waals surface area contributed by atoms with Crippen LogP contribution in [0.25, 0.3) is 22.2 Å². The summed E-state index contributed by atoms with van der Waals surface area (Å²) >= 11 is 0. The second kappa shape index (κ2) is 8.56. The molecule has 0 unspecified atom stereocenters. The van der Waals surface area contributed by atoms with E-state index in [4.69, 9.17) is 5.73 Å². The third kappa shape index (κ3) is 3.99. The lowest BCUT2D eigenvalue weighted by Crippen LogP contribution is -2.14. The molecule has 0 spiro atoms. The predicted molar refractivity (Wildman–Crippen MR) is 123 cm³/mol. The van der Waals surface area contributed by atoms with Gasteiger partial charge in [0.25, 0.3) is 5.91 Å². The summed E-state index contributed by atoms with van der Waals surface area (Å²) in [7, 11) is 0. The SMILES string of the molecule is CCCc1c(C(C)=O)c2ccc(C(N)=O)nc2n1Cc1ccc(-c2ccccc2)cc1. The number of hydrogen-bond donors (Lipinski definition) is 1. The van der Waals surface area contributed by atoms with E-state index in [2.05, 4.69) is 52.9 Å². The van der Waals surface area contributed by atoms with Gasteiger partial charge in [-0.3, -0.25) is 9.59 Å². The molecule has 2 aromatic heterocycles. The van der Waals surface area contributed by atoms with Crippen molar-refractivity contribution < 1.29 is 9.59 Å². The van der Waals surface area contributed by atoms with E-state index < -0.39 is 5.91 Å². The van der Waals surface area contributed by atoms with Gasteiger partial charge in [-0.15, -0.1) is 0 Å². The number of amides is 1. The molecule has 5 nitrogen and oxygen atoms in total. The van der Waals surface area contributed by atoms with Gasteiger partial charge >= 0.3 is 0 Å². The van der Waals surface area contributed by atoms with Gasteiger partial charge in [0.1, 0.15) is 11.3 Å². The molecule has 4 aromatic rings. The molecule has 0 bridgehead atoms. The Hall–Kier alpha value is -3.73. The van der Waals surface area contributed by atoms with Gasteiger partial charge in [0.15, 0.2) is 5.78 Å². The Labute approximate surface area is 181 Å². The third-order valence-corrected chi connectivity index (χ3v) is 5.51. The second-order valence-corrected chi connectivity index (χ2v) is 7.71. The number of hydrogen-bond acceptors (Lipinski definition) is 3. The van der Waals surface area contributed by atoms with Gasteiger partial charge in [-0.05, 0) is 42.2 Å². The summed E-state index contributed by atoms with van der Waals surface area (Å²) in [5, 5.41) is 0.766.